The molecule has 4 aliphatic heterocycles. The van der Waals surface area contributed by atoms with Crippen LogP contribution in [0.4, 0.5) is 4.79 Å². The molecule has 0 saturated carbocycles. The molecule has 232 valence electrons. The van der Waals surface area contributed by atoms with Gasteiger partial charge < -0.3 is 40.5 Å². The topological polar surface area (TPSA) is 194 Å². The number of benzene rings is 1. The predicted octanol–water partition coefficient (Wildman–Crippen LogP) is -0.497. The van der Waals surface area contributed by atoms with E-state index < -0.39 is 63.8 Å². The molecule has 4 heterocycles. The maximum Gasteiger partial charge on any atom is 0.414 e. The van der Waals surface area contributed by atoms with Crippen LogP contribution in [0, 0.1) is 0 Å². The van der Waals surface area contributed by atoms with E-state index >= 15 is 0 Å². The molecular weight excluding hydrogens is 633 g/mol. The van der Waals surface area contributed by atoms with Gasteiger partial charge in [0, 0.05) is 24.9 Å². The van der Waals surface area contributed by atoms with Gasteiger partial charge in [0.05, 0.1) is 31.6 Å². The molecule has 0 bridgehead atoms. The van der Waals surface area contributed by atoms with Crippen molar-refractivity contribution in [2.45, 2.75) is 46.2 Å². The summed E-state index contributed by atoms with van der Waals surface area (Å²) < 4.78 is 8.24. The van der Waals surface area contributed by atoms with E-state index in [9.17, 15) is 29.4 Å². The van der Waals surface area contributed by atoms with Gasteiger partial charge in [0.1, 0.15) is 18.4 Å². The summed E-state index contributed by atoms with van der Waals surface area (Å²) in [5.74, 6) is -3.93. The van der Waals surface area contributed by atoms with Crippen molar-refractivity contribution in [2.75, 3.05) is 26.8 Å². The van der Waals surface area contributed by atoms with E-state index in [0.29, 0.717) is 5.75 Å². The fourth-order valence-electron chi connectivity index (χ4n) is 5.73. The van der Waals surface area contributed by atoms with Crippen molar-refractivity contribution in [3.8, 4) is 5.75 Å². The molecule has 0 unspecified atom stereocenters. The van der Waals surface area contributed by atoms with Crippen LogP contribution in [0.1, 0.15) is 23.2 Å². The molecule has 3 fully saturated rings. The number of carbonyl (C=O) groups excluding carboxylic acids is 4. The molecule has 4 atom stereocenters. The van der Waals surface area contributed by atoms with Crippen molar-refractivity contribution >= 4 is 64.6 Å². The summed E-state index contributed by atoms with van der Waals surface area (Å²) in [5, 5.41) is 34.6. The number of amides is 4. The van der Waals surface area contributed by atoms with E-state index in [1.807, 2.05) is 0 Å². The highest BCUT2D eigenvalue weighted by Crippen LogP contribution is 2.45. The van der Waals surface area contributed by atoms with E-state index in [2.05, 4.69) is 32.8 Å². The molecule has 3 saturated heterocycles. The molecule has 1 aromatic rings. The van der Waals surface area contributed by atoms with Crippen molar-refractivity contribution in [3.05, 3.63) is 42.2 Å². The average molecular weight is 661 g/mol. The second-order valence-corrected chi connectivity index (χ2v) is 12.8. The third-order valence-corrected chi connectivity index (χ3v) is 7.96. The summed E-state index contributed by atoms with van der Waals surface area (Å²) in [4.78, 5) is 57.8. The molecule has 43 heavy (non-hydrogen) atoms. The number of ether oxygens (including phenoxy) is 2. The Morgan fingerprint density at radius 3 is 2.58 bits per heavy atom. The van der Waals surface area contributed by atoms with Gasteiger partial charge in [-0.15, -0.1) is 0 Å². The number of halogens is 3. The van der Waals surface area contributed by atoms with Crippen LogP contribution in [0.5, 0.6) is 5.75 Å². The maximum absolute atomic E-state index is 13.2. The van der Waals surface area contributed by atoms with Crippen LogP contribution < -0.4 is 26.0 Å². The molecule has 1 spiro atoms. The van der Waals surface area contributed by atoms with Gasteiger partial charge >= 0.3 is 6.09 Å². The predicted molar refractivity (Wildman–Crippen MR) is 152 cm³/mol. The highest BCUT2D eigenvalue weighted by molar-refractivity contribution is 6.67. The first-order valence-electron chi connectivity index (χ1n) is 13.0. The SMILES string of the molecule is C=C1N[C@H]2[C@H](CN3C(=O)CCC3=O)N=C(NC(=O)OCC(Cl)(Cl)Cl)N3C[C@H](NC(=O)c4cccc(OC)c4)C(O)(O)[C@]23N1. The number of alkyl carbamates (subject to hydrolysis) is 1. The number of nitrogens with one attached hydrogen (secondary N) is 4. The van der Waals surface area contributed by atoms with Gasteiger partial charge in [0.15, 0.2) is 5.66 Å². The number of guanidine groups is 1. The molecule has 15 nitrogen and oxygen atoms in total. The number of rotatable bonds is 6. The summed E-state index contributed by atoms with van der Waals surface area (Å²) in [6, 6.07) is 2.78. The number of carbonyl (C=O) groups is 4. The number of aliphatic hydroxyl groups is 2. The smallest absolute Gasteiger partial charge is 0.414 e. The Labute approximate surface area is 260 Å². The van der Waals surface area contributed by atoms with Crippen LogP contribution in [-0.2, 0) is 14.3 Å². The van der Waals surface area contributed by atoms with Crippen LogP contribution in [0.2, 0.25) is 0 Å². The Morgan fingerprint density at radius 2 is 1.93 bits per heavy atom. The molecule has 1 aromatic carbocycles. The summed E-state index contributed by atoms with van der Waals surface area (Å²) >= 11 is 17.1. The third-order valence-electron chi connectivity index (χ3n) is 7.63. The van der Waals surface area contributed by atoms with Crippen LogP contribution in [0.15, 0.2) is 41.7 Å². The monoisotopic (exact) mass is 659 g/mol. The van der Waals surface area contributed by atoms with Crippen molar-refractivity contribution < 1.29 is 38.9 Å². The lowest BCUT2D eigenvalue weighted by Crippen LogP contribution is -2.78. The highest BCUT2D eigenvalue weighted by Gasteiger charge is 2.74. The van der Waals surface area contributed by atoms with Gasteiger partial charge in [0.25, 0.3) is 5.91 Å². The number of likely N-dealkylation sites (tertiary alicyclic amines) is 1. The van der Waals surface area contributed by atoms with Gasteiger partial charge in [-0.05, 0) is 18.2 Å². The first kappa shape index (κ1) is 30.9. The van der Waals surface area contributed by atoms with E-state index in [1.165, 1.54) is 24.1 Å². The van der Waals surface area contributed by atoms with Crippen LogP contribution in [-0.4, -0.2) is 110 Å². The zero-order valence-electron chi connectivity index (χ0n) is 22.6. The van der Waals surface area contributed by atoms with Gasteiger partial charge in [-0.1, -0.05) is 47.4 Å². The van der Waals surface area contributed by atoms with E-state index in [1.54, 1.807) is 12.1 Å². The Morgan fingerprint density at radius 1 is 1.23 bits per heavy atom. The van der Waals surface area contributed by atoms with Crippen molar-refractivity contribution in [1.29, 1.82) is 0 Å². The maximum atomic E-state index is 13.2. The number of hydrogen-bond acceptors (Lipinski definition) is 12. The zero-order chi connectivity index (χ0) is 31.3. The quantitative estimate of drug-likeness (QED) is 0.131. The first-order chi connectivity index (χ1) is 20.2. The summed E-state index contributed by atoms with van der Waals surface area (Å²) in [7, 11) is 1.44. The van der Waals surface area contributed by atoms with Gasteiger partial charge in [-0.3, -0.25) is 24.6 Å². The number of hydrogen-bond donors (Lipinski definition) is 6. The average Bonchev–Trinajstić information content (AvgIpc) is 3.54. The minimum Gasteiger partial charge on any atom is -0.497 e. The minimum atomic E-state index is -2.76. The number of nitrogens with zero attached hydrogens (tertiary/aromatic N) is 3. The lowest BCUT2D eigenvalue weighted by molar-refractivity contribution is -0.231. The van der Waals surface area contributed by atoms with Crippen molar-refractivity contribution in [2.24, 2.45) is 4.99 Å². The lowest BCUT2D eigenvalue weighted by Gasteiger charge is -2.49. The first-order valence-corrected chi connectivity index (χ1v) is 14.1. The lowest BCUT2D eigenvalue weighted by atomic mass is 9.85. The molecular formula is C25H28Cl3N7O8. The molecule has 0 aliphatic carbocycles. The van der Waals surface area contributed by atoms with E-state index in [-0.39, 0.29) is 43.3 Å². The van der Waals surface area contributed by atoms with Gasteiger partial charge in [-0.25, -0.2) is 9.79 Å². The summed E-state index contributed by atoms with van der Waals surface area (Å²) in [6.45, 7) is 2.69. The van der Waals surface area contributed by atoms with E-state index in [4.69, 9.17) is 44.3 Å². The molecule has 4 amide bonds. The molecule has 4 aliphatic rings. The van der Waals surface area contributed by atoms with E-state index in [0.717, 1.165) is 4.90 Å². The summed E-state index contributed by atoms with van der Waals surface area (Å²) in [6.07, 6.45) is -1.06. The van der Waals surface area contributed by atoms with Crippen LogP contribution in [0.25, 0.3) is 0 Å². The van der Waals surface area contributed by atoms with Gasteiger partial charge in [0.2, 0.25) is 27.4 Å². The fourth-order valence-corrected chi connectivity index (χ4v) is 5.89. The second kappa shape index (κ2) is 11.2. The number of methoxy groups -OCH3 is 1. The third kappa shape index (κ3) is 5.62. The molecule has 0 aromatic heterocycles. The Balaban J connectivity index is 1.51. The Bertz CT molecular complexity index is 1390. The Hall–Kier alpha value is -3.50. The molecule has 0 radical (unpaired) electrons. The number of imide groups is 1. The fraction of sp³-hybridized carbons (Fsp3) is 0.480. The zero-order valence-corrected chi connectivity index (χ0v) is 24.9. The highest BCUT2D eigenvalue weighted by atomic mass is 35.6. The summed E-state index contributed by atoms with van der Waals surface area (Å²) in [5.41, 5.74) is -1.74. The second-order valence-electron chi connectivity index (χ2n) is 10.3. The normalized spacial score (nSPS) is 27.5. The number of aliphatic imine (C=N–C) groups is 1. The molecule has 6 N–H and O–H groups in total. The van der Waals surface area contributed by atoms with Crippen molar-refractivity contribution in [3.63, 3.8) is 0 Å². The minimum absolute atomic E-state index is 0.0202. The molecule has 5 rings (SSSR count). The van der Waals surface area contributed by atoms with Crippen LogP contribution >= 0.6 is 34.8 Å². The number of alkyl halides is 3. The standard InChI is InChI=1S/C25H28Cl3N7O8/c1-12-29-19-15(9-34-17(36)6-7-18(34)37)30-21(32-22(39)43-11-23(26,27)28)35-10-16(25(40,41)24(19,35)33-12)31-20(38)13-4-3-5-14(8-13)42-2/h3-5,8,15-16,19,29,33,40-41H,1,6-7,9-11H2,2H3,(H,31,38)(H,30,32,39)/t15-,16-,19-,24-/m0/s1. The Kier molecular flexibility index (Phi) is 8.07. The van der Waals surface area contributed by atoms with Crippen LogP contribution in [0.3, 0.4) is 0 Å². The van der Waals surface area contributed by atoms with Crippen molar-refractivity contribution in [1.82, 2.24) is 31.1 Å². The molecule has 18 heteroatoms. The van der Waals surface area contributed by atoms with Gasteiger partial charge in [-0.2, -0.15) is 0 Å². The largest absolute Gasteiger partial charge is 0.497 e.